The number of H-pyrrole nitrogens is 1. The highest BCUT2D eigenvalue weighted by molar-refractivity contribution is 5.81. The van der Waals surface area contributed by atoms with E-state index in [1.165, 1.54) is 0 Å². The number of imidazole rings is 1. The van der Waals surface area contributed by atoms with Crippen molar-refractivity contribution in [3.05, 3.63) is 42.2 Å². The van der Waals surface area contributed by atoms with Crippen molar-refractivity contribution in [2.45, 2.75) is 32.1 Å². The van der Waals surface area contributed by atoms with Crippen molar-refractivity contribution in [1.82, 2.24) is 19.8 Å². The molecule has 1 aliphatic heterocycles. The lowest BCUT2D eigenvalue weighted by atomic mass is 9.92. The summed E-state index contributed by atoms with van der Waals surface area (Å²) in [5.74, 6) is 2.53. The van der Waals surface area contributed by atoms with Crippen molar-refractivity contribution in [1.29, 1.82) is 0 Å². The number of nitrogens with one attached hydrogen (secondary N) is 1. The van der Waals surface area contributed by atoms with Gasteiger partial charge in [-0.3, -0.25) is 9.59 Å². The van der Waals surface area contributed by atoms with Crippen LogP contribution in [-0.4, -0.2) is 57.8 Å². The molecule has 2 bridgehead atoms. The second kappa shape index (κ2) is 7.65. The lowest BCUT2D eigenvalue weighted by Crippen LogP contribution is -2.41. The molecule has 5 rings (SSSR count). The predicted molar refractivity (Wildman–Crippen MR) is 111 cm³/mol. The van der Waals surface area contributed by atoms with E-state index in [9.17, 15) is 9.59 Å². The van der Waals surface area contributed by atoms with Gasteiger partial charge in [-0.1, -0.05) is 24.3 Å². The lowest BCUT2D eigenvalue weighted by molar-refractivity contribution is -0.137. The number of hydrogen-bond acceptors (Lipinski definition) is 3. The Balaban J connectivity index is 1.14. The number of rotatable bonds is 4. The molecule has 0 radical (unpaired) electrons. The third-order valence-electron chi connectivity index (χ3n) is 6.77. The highest BCUT2D eigenvalue weighted by atomic mass is 16.2. The molecule has 2 heterocycles. The molecule has 0 spiro atoms. The van der Waals surface area contributed by atoms with Crippen molar-refractivity contribution in [2.75, 3.05) is 26.2 Å². The third-order valence-corrected chi connectivity index (χ3v) is 6.77. The van der Waals surface area contributed by atoms with Gasteiger partial charge in [-0.2, -0.15) is 0 Å². The SMILES string of the molecule is O=C(CCc1nc2ccccc2[nH]1)N1CCCN(C(=O)[C@H]2C[C@@H]3C=C[C@H]2C3)CC1. The highest BCUT2D eigenvalue weighted by Crippen LogP contribution is 2.44. The van der Waals surface area contributed by atoms with Crippen molar-refractivity contribution in [3.8, 4) is 0 Å². The lowest BCUT2D eigenvalue weighted by Gasteiger charge is -2.27. The van der Waals surface area contributed by atoms with Crippen LogP contribution in [0.25, 0.3) is 11.0 Å². The first-order chi connectivity index (χ1) is 14.2. The van der Waals surface area contributed by atoms with Gasteiger partial charge in [0.05, 0.1) is 11.0 Å². The molecule has 6 nitrogen and oxygen atoms in total. The second-order valence-corrected chi connectivity index (χ2v) is 8.65. The van der Waals surface area contributed by atoms with Gasteiger partial charge >= 0.3 is 0 Å². The van der Waals surface area contributed by atoms with Gasteiger partial charge in [-0.05, 0) is 43.2 Å². The van der Waals surface area contributed by atoms with Crippen LogP contribution in [0, 0.1) is 17.8 Å². The maximum atomic E-state index is 13.0. The zero-order valence-electron chi connectivity index (χ0n) is 16.7. The Bertz CT molecular complexity index is 916. The van der Waals surface area contributed by atoms with E-state index in [1.807, 2.05) is 34.1 Å². The number of aromatic amines is 1. The smallest absolute Gasteiger partial charge is 0.226 e. The number of fused-ring (bicyclic) bond motifs is 3. The zero-order chi connectivity index (χ0) is 19.8. The van der Waals surface area contributed by atoms with Crippen LogP contribution in [0.5, 0.6) is 0 Å². The molecule has 2 aromatic rings. The summed E-state index contributed by atoms with van der Waals surface area (Å²) in [4.78, 5) is 37.5. The number of hydrogen-bond donors (Lipinski definition) is 1. The summed E-state index contributed by atoms with van der Waals surface area (Å²) in [6, 6.07) is 7.92. The number of carbonyl (C=O) groups is 2. The molecule has 1 saturated carbocycles. The molecule has 152 valence electrons. The van der Waals surface area contributed by atoms with E-state index in [0.717, 1.165) is 49.2 Å². The predicted octanol–water partition coefficient (Wildman–Crippen LogP) is 2.77. The monoisotopic (exact) mass is 392 g/mol. The van der Waals surface area contributed by atoms with E-state index < -0.39 is 0 Å². The molecule has 1 aromatic carbocycles. The fourth-order valence-electron chi connectivity index (χ4n) is 5.19. The van der Waals surface area contributed by atoms with Crippen LogP contribution in [0.3, 0.4) is 0 Å². The van der Waals surface area contributed by atoms with E-state index in [4.69, 9.17) is 0 Å². The van der Waals surface area contributed by atoms with E-state index in [1.54, 1.807) is 0 Å². The molecular formula is C23H28N4O2. The van der Waals surface area contributed by atoms with Gasteiger partial charge in [0.15, 0.2) is 0 Å². The van der Waals surface area contributed by atoms with Gasteiger partial charge in [0.25, 0.3) is 0 Å². The Hall–Kier alpha value is -2.63. The number of carbonyl (C=O) groups excluding carboxylic acids is 2. The standard InChI is InChI=1S/C23H28N4O2/c28-22(9-8-21-24-19-4-1-2-5-20(19)25-21)26-10-3-11-27(13-12-26)23(29)18-15-16-6-7-17(18)14-16/h1-2,4-7,16-18H,3,8-15H2,(H,24,25)/t16-,17+,18+/m1/s1. The molecule has 3 aliphatic rings. The number of allylic oxidation sites excluding steroid dienone is 2. The molecule has 3 atom stereocenters. The number of aryl methyl sites for hydroxylation is 1. The van der Waals surface area contributed by atoms with Crippen LogP contribution in [0.4, 0.5) is 0 Å². The van der Waals surface area contributed by atoms with Gasteiger partial charge in [-0.25, -0.2) is 4.98 Å². The normalized spacial score (nSPS) is 26.3. The Morgan fingerprint density at radius 2 is 1.86 bits per heavy atom. The first kappa shape index (κ1) is 18.4. The minimum absolute atomic E-state index is 0.155. The molecular weight excluding hydrogens is 364 g/mol. The Morgan fingerprint density at radius 1 is 1.03 bits per heavy atom. The molecule has 1 saturated heterocycles. The maximum Gasteiger partial charge on any atom is 0.226 e. The van der Waals surface area contributed by atoms with Crippen LogP contribution < -0.4 is 0 Å². The number of aromatic nitrogens is 2. The average molecular weight is 393 g/mol. The van der Waals surface area contributed by atoms with Crippen LogP contribution in [0.15, 0.2) is 36.4 Å². The number of nitrogens with zero attached hydrogens (tertiary/aromatic N) is 3. The summed E-state index contributed by atoms with van der Waals surface area (Å²) in [5, 5.41) is 0. The molecule has 6 heteroatoms. The summed E-state index contributed by atoms with van der Waals surface area (Å²) in [6.07, 6.45) is 8.60. The van der Waals surface area contributed by atoms with Gasteiger partial charge in [0.2, 0.25) is 11.8 Å². The fraction of sp³-hybridized carbons (Fsp3) is 0.522. The molecule has 2 amide bonds. The first-order valence-corrected chi connectivity index (χ1v) is 10.9. The summed E-state index contributed by atoms with van der Waals surface area (Å²) in [5.41, 5.74) is 1.95. The summed E-state index contributed by atoms with van der Waals surface area (Å²) < 4.78 is 0. The van der Waals surface area contributed by atoms with Crippen LogP contribution in [-0.2, 0) is 16.0 Å². The second-order valence-electron chi connectivity index (χ2n) is 8.65. The Morgan fingerprint density at radius 3 is 2.66 bits per heavy atom. The fourth-order valence-corrected chi connectivity index (χ4v) is 5.19. The molecule has 1 aromatic heterocycles. The van der Waals surface area contributed by atoms with Gasteiger partial charge in [-0.15, -0.1) is 0 Å². The summed E-state index contributed by atoms with van der Waals surface area (Å²) in [7, 11) is 0. The summed E-state index contributed by atoms with van der Waals surface area (Å²) in [6.45, 7) is 2.80. The molecule has 29 heavy (non-hydrogen) atoms. The largest absolute Gasteiger partial charge is 0.342 e. The Labute approximate surface area is 171 Å². The van der Waals surface area contributed by atoms with Crippen molar-refractivity contribution in [2.24, 2.45) is 17.8 Å². The van der Waals surface area contributed by atoms with Crippen LogP contribution in [0.2, 0.25) is 0 Å². The van der Waals surface area contributed by atoms with Gasteiger partial charge in [0.1, 0.15) is 5.82 Å². The minimum Gasteiger partial charge on any atom is -0.342 e. The van der Waals surface area contributed by atoms with E-state index >= 15 is 0 Å². The van der Waals surface area contributed by atoms with Crippen molar-refractivity contribution < 1.29 is 9.59 Å². The van der Waals surface area contributed by atoms with E-state index in [-0.39, 0.29) is 11.8 Å². The molecule has 0 unspecified atom stereocenters. The summed E-state index contributed by atoms with van der Waals surface area (Å²) >= 11 is 0. The van der Waals surface area contributed by atoms with Gasteiger partial charge in [0, 0.05) is 44.9 Å². The number of para-hydroxylation sites is 2. The Kier molecular flexibility index (Phi) is 4.86. The quantitative estimate of drug-likeness (QED) is 0.814. The van der Waals surface area contributed by atoms with E-state index in [0.29, 0.717) is 43.7 Å². The number of benzene rings is 1. The highest BCUT2D eigenvalue weighted by Gasteiger charge is 2.41. The molecule has 2 fully saturated rings. The van der Waals surface area contributed by atoms with Crippen molar-refractivity contribution >= 4 is 22.8 Å². The van der Waals surface area contributed by atoms with Crippen LogP contribution >= 0.6 is 0 Å². The molecule has 2 aliphatic carbocycles. The minimum atomic E-state index is 0.155. The molecule has 1 N–H and O–H groups in total. The third kappa shape index (κ3) is 3.68. The van der Waals surface area contributed by atoms with Crippen LogP contribution in [0.1, 0.15) is 31.5 Å². The average Bonchev–Trinajstić information content (AvgIpc) is 3.42. The topological polar surface area (TPSA) is 69.3 Å². The van der Waals surface area contributed by atoms with E-state index in [2.05, 4.69) is 22.1 Å². The zero-order valence-corrected chi connectivity index (χ0v) is 16.7. The number of amides is 2. The first-order valence-electron chi connectivity index (χ1n) is 10.9. The van der Waals surface area contributed by atoms with Gasteiger partial charge < -0.3 is 14.8 Å². The van der Waals surface area contributed by atoms with Crippen molar-refractivity contribution in [3.63, 3.8) is 0 Å². The maximum absolute atomic E-state index is 13.0.